The van der Waals surface area contributed by atoms with E-state index >= 15 is 0 Å². The number of aldehydes is 1. The van der Waals surface area contributed by atoms with E-state index in [1.165, 1.54) is 0 Å². The van der Waals surface area contributed by atoms with Gasteiger partial charge in [0.15, 0.2) is 0 Å². The molecule has 0 spiro atoms. The molecule has 0 aliphatic heterocycles. The lowest BCUT2D eigenvalue weighted by atomic mass is 9.89. The molecule has 1 heteroatoms. The molecule has 4 aromatic carbocycles. The van der Waals surface area contributed by atoms with Crippen LogP contribution in [0.3, 0.4) is 0 Å². The predicted molar refractivity (Wildman–Crippen MR) is 112 cm³/mol. The Balaban J connectivity index is 1.72. The van der Waals surface area contributed by atoms with E-state index in [4.69, 9.17) is 0 Å². The van der Waals surface area contributed by atoms with Crippen LogP contribution in [0.4, 0.5) is 0 Å². The quantitative estimate of drug-likeness (QED) is 0.384. The van der Waals surface area contributed by atoms with E-state index in [9.17, 15) is 4.79 Å². The van der Waals surface area contributed by atoms with Crippen LogP contribution in [0.1, 0.15) is 17.0 Å². The minimum Gasteiger partial charge on any atom is -0.302 e. The Hall–Kier alpha value is -3.45. The Kier molecular flexibility index (Phi) is 4.93. The standard InChI is InChI=1S/C26H20O/c27-19-26(24-15-7-13-22(17-24)20-9-3-1-4-10-20)25-16-8-14-23(18-25)21-11-5-2-6-12-21/h1-19,26H. The van der Waals surface area contributed by atoms with Crippen molar-refractivity contribution in [2.45, 2.75) is 5.92 Å². The van der Waals surface area contributed by atoms with Crippen LogP contribution in [0.2, 0.25) is 0 Å². The fourth-order valence-corrected chi connectivity index (χ4v) is 3.43. The highest BCUT2D eigenvalue weighted by atomic mass is 16.1. The summed E-state index contributed by atoms with van der Waals surface area (Å²) in [5.41, 5.74) is 6.58. The molecule has 0 aliphatic carbocycles. The van der Waals surface area contributed by atoms with Crippen LogP contribution in [0.25, 0.3) is 22.3 Å². The molecule has 0 N–H and O–H groups in total. The molecule has 0 aliphatic rings. The first kappa shape index (κ1) is 17.0. The Morgan fingerprint density at radius 1 is 0.481 bits per heavy atom. The maximum absolute atomic E-state index is 12.0. The van der Waals surface area contributed by atoms with E-state index in [-0.39, 0.29) is 5.92 Å². The second kappa shape index (κ2) is 7.84. The molecule has 27 heavy (non-hydrogen) atoms. The normalized spacial score (nSPS) is 10.7. The SMILES string of the molecule is O=CC(c1cccc(-c2ccccc2)c1)c1cccc(-c2ccccc2)c1. The van der Waals surface area contributed by atoms with Crippen LogP contribution in [-0.2, 0) is 4.79 Å². The lowest BCUT2D eigenvalue weighted by Crippen LogP contribution is -2.03. The van der Waals surface area contributed by atoms with Crippen LogP contribution in [-0.4, -0.2) is 6.29 Å². The van der Waals surface area contributed by atoms with Crippen LogP contribution >= 0.6 is 0 Å². The molecule has 0 heterocycles. The highest BCUT2D eigenvalue weighted by Gasteiger charge is 2.15. The number of rotatable bonds is 5. The van der Waals surface area contributed by atoms with Crippen LogP contribution < -0.4 is 0 Å². The maximum Gasteiger partial charge on any atom is 0.131 e. The summed E-state index contributed by atoms with van der Waals surface area (Å²) in [5, 5.41) is 0. The lowest BCUT2D eigenvalue weighted by molar-refractivity contribution is -0.108. The Labute approximate surface area is 159 Å². The van der Waals surface area contributed by atoms with E-state index in [0.717, 1.165) is 39.7 Å². The average molecular weight is 348 g/mol. The van der Waals surface area contributed by atoms with Crippen LogP contribution in [0.5, 0.6) is 0 Å². The highest BCUT2D eigenvalue weighted by Crippen LogP contribution is 2.30. The van der Waals surface area contributed by atoms with Gasteiger partial charge in [0.05, 0.1) is 5.92 Å². The van der Waals surface area contributed by atoms with Gasteiger partial charge in [-0.3, -0.25) is 0 Å². The fourth-order valence-electron chi connectivity index (χ4n) is 3.43. The topological polar surface area (TPSA) is 17.1 Å². The summed E-state index contributed by atoms with van der Waals surface area (Å²) in [6.07, 6.45) is 1.04. The zero-order valence-corrected chi connectivity index (χ0v) is 15.0. The smallest absolute Gasteiger partial charge is 0.131 e. The third-order valence-corrected chi connectivity index (χ3v) is 4.84. The first-order chi connectivity index (χ1) is 13.3. The summed E-state index contributed by atoms with van der Waals surface area (Å²) < 4.78 is 0. The van der Waals surface area contributed by atoms with Gasteiger partial charge in [0.2, 0.25) is 0 Å². The second-order valence-corrected chi connectivity index (χ2v) is 6.60. The van der Waals surface area contributed by atoms with Crippen molar-refractivity contribution in [1.29, 1.82) is 0 Å². The van der Waals surface area contributed by atoms with E-state index in [1.807, 2.05) is 60.7 Å². The van der Waals surface area contributed by atoms with Gasteiger partial charge in [-0.25, -0.2) is 0 Å². The average Bonchev–Trinajstić information content (AvgIpc) is 2.76. The Bertz CT molecular complexity index is 953. The molecule has 4 aromatic rings. The van der Waals surface area contributed by atoms with Gasteiger partial charge in [0.1, 0.15) is 6.29 Å². The molecule has 0 fully saturated rings. The van der Waals surface area contributed by atoms with Gasteiger partial charge < -0.3 is 4.79 Å². The van der Waals surface area contributed by atoms with Crippen molar-refractivity contribution in [2.24, 2.45) is 0 Å². The monoisotopic (exact) mass is 348 g/mol. The summed E-state index contributed by atoms with van der Waals surface area (Å²) in [5.74, 6) is -0.280. The molecular weight excluding hydrogens is 328 g/mol. The van der Waals surface area contributed by atoms with E-state index in [0.29, 0.717) is 0 Å². The second-order valence-electron chi connectivity index (χ2n) is 6.60. The summed E-state index contributed by atoms with van der Waals surface area (Å²) in [7, 11) is 0. The Morgan fingerprint density at radius 3 is 1.30 bits per heavy atom. The molecule has 0 radical (unpaired) electrons. The van der Waals surface area contributed by atoms with Crippen molar-refractivity contribution in [2.75, 3.05) is 0 Å². The number of carbonyl (C=O) groups is 1. The number of hydrogen-bond donors (Lipinski definition) is 0. The van der Waals surface area contributed by atoms with Gasteiger partial charge in [-0.1, -0.05) is 109 Å². The molecule has 0 bridgehead atoms. The summed E-state index contributed by atoms with van der Waals surface area (Å²) in [6.45, 7) is 0. The molecule has 0 aromatic heterocycles. The third-order valence-electron chi connectivity index (χ3n) is 4.84. The molecule has 130 valence electrons. The van der Waals surface area contributed by atoms with Crippen LogP contribution in [0, 0.1) is 0 Å². The number of hydrogen-bond acceptors (Lipinski definition) is 1. The van der Waals surface area contributed by atoms with Gasteiger partial charge in [-0.15, -0.1) is 0 Å². The minimum atomic E-state index is -0.280. The van der Waals surface area contributed by atoms with Crippen LogP contribution in [0.15, 0.2) is 109 Å². The Morgan fingerprint density at radius 2 is 0.889 bits per heavy atom. The van der Waals surface area contributed by atoms with Gasteiger partial charge in [-0.2, -0.15) is 0 Å². The molecule has 0 saturated heterocycles. The molecule has 1 nitrogen and oxygen atoms in total. The van der Waals surface area contributed by atoms with Crippen molar-refractivity contribution >= 4 is 6.29 Å². The zero-order chi connectivity index (χ0) is 18.5. The van der Waals surface area contributed by atoms with E-state index < -0.39 is 0 Å². The molecular formula is C26H20O. The molecule has 0 unspecified atom stereocenters. The molecule has 0 amide bonds. The van der Waals surface area contributed by atoms with Crippen molar-refractivity contribution in [1.82, 2.24) is 0 Å². The van der Waals surface area contributed by atoms with Gasteiger partial charge in [0.25, 0.3) is 0 Å². The fraction of sp³-hybridized carbons (Fsp3) is 0.0385. The minimum absolute atomic E-state index is 0.280. The van der Waals surface area contributed by atoms with Crippen molar-refractivity contribution in [3.8, 4) is 22.3 Å². The zero-order valence-electron chi connectivity index (χ0n) is 15.0. The van der Waals surface area contributed by atoms with Crippen molar-refractivity contribution in [3.63, 3.8) is 0 Å². The van der Waals surface area contributed by atoms with E-state index in [1.54, 1.807) is 0 Å². The first-order valence-electron chi connectivity index (χ1n) is 9.11. The molecule has 4 rings (SSSR count). The molecule has 0 atom stereocenters. The van der Waals surface area contributed by atoms with Crippen molar-refractivity contribution < 1.29 is 4.79 Å². The van der Waals surface area contributed by atoms with Gasteiger partial charge >= 0.3 is 0 Å². The van der Waals surface area contributed by atoms with Crippen molar-refractivity contribution in [3.05, 3.63) is 120 Å². The summed E-state index contributed by atoms with van der Waals surface area (Å²) >= 11 is 0. The number of carbonyl (C=O) groups excluding carboxylic acids is 1. The summed E-state index contributed by atoms with van der Waals surface area (Å²) in [4.78, 5) is 12.0. The number of benzene rings is 4. The molecule has 0 saturated carbocycles. The predicted octanol–water partition coefficient (Wildman–Crippen LogP) is 6.35. The lowest BCUT2D eigenvalue weighted by Gasteiger charge is -2.14. The van der Waals surface area contributed by atoms with Gasteiger partial charge in [0, 0.05) is 0 Å². The first-order valence-corrected chi connectivity index (χ1v) is 9.11. The largest absolute Gasteiger partial charge is 0.302 e. The maximum atomic E-state index is 12.0. The highest BCUT2D eigenvalue weighted by molar-refractivity contribution is 5.73. The van der Waals surface area contributed by atoms with E-state index in [2.05, 4.69) is 48.5 Å². The third kappa shape index (κ3) is 3.73. The van der Waals surface area contributed by atoms with Gasteiger partial charge in [-0.05, 0) is 33.4 Å². The summed E-state index contributed by atoms with van der Waals surface area (Å²) in [6, 6.07) is 37.0.